The van der Waals surface area contributed by atoms with Crippen molar-refractivity contribution in [3.05, 3.63) is 113 Å². The number of sulfone groups is 1. The van der Waals surface area contributed by atoms with Gasteiger partial charge < -0.3 is 25.5 Å². The average molecular weight is 759 g/mol. The van der Waals surface area contributed by atoms with E-state index < -0.39 is 55.7 Å². The molecule has 0 aliphatic carbocycles. The van der Waals surface area contributed by atoms with Gasteiger partial charge in [0.2, 0.25) is 0 Å². The van der Waals surface area contributed by atoms with Crippen molar-refractivity contribution in [1.29, 1.82) is 0 Å². The minimum Gasteiger partial charge on any atom is -0.349 e. The zero-order valence-corrected chi connectivity index (χ0v) is 28.9. The fourth-order valence-corrected chi connectivity index (χ4v) is 6.97. The number of H-pyrrole nitrogens is 1. The summed E-state index contributed by atoms with van der Waals surface area (Å²) in [6, 6.07) is 11.0. The Hall–Kier alpha value is -6.76. The topological polar surface area (TPSA) is 173 Å². The molecule has 14 nitrogen and oxygen atoms in total. The summed E-state index contributed by atoms with van der Waals surface area (Å²) in [6.45, 7) is 0.349. The van der Waals surface area contributed by atoms with Crippen LogP contribution in [-0.4, -0.2) is 60.8 Å². The van der Waals surface area contributed by atoms with Crippen molar-refractivity contribution >= 4 is 44.3 Å². The maximum atomic E-state index is 16.2. The van der Waals surface area contributed by atoms with E-state index in [0.717, 1.165) is 30.5 Å². The molecule has 4 N–H and O–H groups in total. The van der Waals surface area contributed by atoms with Gasteiger partial charge in [0.05, 0.1) is 21.7 Å². The molecule has 54 heavy (non-hydrogen) atoms. The Morgan fingerprint density at radius 1 is 0.852 bits per heavy atom. The van der Waals surface area contributed by atoms with Crippen molar-refractivity contribution in [3.63, 3.8) is 0 Å². The van der Waals surface area contributed by atoms with E-state index in [9.17, 15) is 26.8 Å². The number of carbonyl (C=O) groups is 1. The lowest BCUT2D eigenvalue weighted by molar-refractivity contribution is 0.0929. The molecule has 0 fully saturated rings. The summed E-state index contributed by atoms with van der Waals surface area (Å²) in [5.41, 5.74) is -1.17. The molecule has 1 aliphatic heterocycles. The fraction of sp³-hybridized carbons (Fsp3) is 0.114. The zero-order valence-electron chi connectivity index (χ0n) is 28.1. The summed E-state index contributed by atoms with van der Waals surface area (Å²) in [5, 5.41) is 12.9. The minimum absolute atomic E-state index is 0.0154. The number of aryl methyl sites for hydroxylation is 1. The number of imidazole rings is 2. The lowest BCUT2D eigenvalue weighted by atomic mass is 10.1. The number of benzene rings is 3. The number of aromatic nitrogens is 7. The molecule has 3 aromatic carbocycles. The number of rotatable bonds is 8. The van der Waals surface area contributed by atoms with Crippen molar-refractivity contribution in [2.24, 2.45) is 7.05 Å². The highest BCUT2D eigenvalue weighted by atomic mass is 32.2. The molecular formula is C35H26F4N10O4S. The van der Waals surface area contributed by atoms with Crippen LogP contribution in [0.3, 0.4) is 0 Å². The standard InChI is InChI=1S/C35H26F4N10O4S/c1-47-16-24(43-31-29-35(51)41-11-13-49(29)32(45-31)25-20(36)4-3-5-21(25)37)27(46-47)17-14-22(38)26(23(39)15-17)33-44-30(28-34(50)40-10-12-48(28)33)42-18-6-8-19(9-7-18)54(2,52)53/h3-10,12,14-16,42-43H,11,13H2,1-2H3,(H,40,50)(H,41,51). The van der Waals surface area contributed by atoms with Crippen LogP contribution in [0, 0.1) is 23.3 Å². The van der Waals surface area contributed by atoms with Crippen LogP contribution >= 0.6 is 0 Å². The number of hydrogen-bond donors (Lipinski definition) is 4. The molecule has 0 saturated heterocycles. The number of anilines is 4. The van der Waals surface area contributed by atoms with Crippen LogP contribution in [0.5, 0.6) is 0 Å². The third-order valence-electron chi connectivity index (χ3n) is 8.72. The van der Waals surface area contributed by atoms with Crippen molar-refractivity contribution in [3.8, 4) is 34.0 Å². The smallest absolute Gasteiger partial charge is 0.276 e. The van der Waals surface area contributed by atoms with E-state index in [0.29, 0.717) is 5.69 Å². The van der Waals surface area contributed by atoms with E-state index in [4.69, 9.17) is 0 Å². The summed E-state index contributed by atoms with van der Waals surface area (Å²) in [4.78, 5) is 37.3. The number of halogens is 4. The fourth-order valence-electron chi connectivity index (χ4n) is 6.34. The van der Waals surface area contributed by atoms with Gasteiger partial charge in [0.25, 0.3) is 11.5 Å². The summed E-state index contributed by atoms with van der Waals surface area (Å²) in [6.07, 6.45) is 5.18. The van der Waals surface area contributed by atoms with E-state index in [1.807, 2.05) is 0 Å². The van der Waals surface area contributed by atoms with Crippen LogP contribution in [0.1, 0.15) is 10.5 Å². The quantitative estimate of drug-likeness (QED) is 0.153. The van der Waals surface area contributed by atoms with Crippen LogP contribution in [0.2, 0.25) is 0 Å². The van der Waals surface area contributed by atoms with Gasteiger partial charge in [-0.15, -0.1) is 0 Å². The van der Waals surface area contributed by atoms with Gasteiger partial charge in [-0.2, -0.15) is 5.10 Å². The molecular weight excluding hydrogens is 733 g/mol. The van der Waals surface area contributed by atoms with Gasteiger partial charge in [-0.1, -0.05) is 6.07 Å². The molecule has 0 atom stereocenters. The van der Waals surface area contributed by atoms with Crippen LogP contribution in [0.15, 0.2) is 82.9 Å². The second-order valence-corrected chi connectivity index (χ2v) is 14.4. The summed E-state index contributed by atoms with van der Waals surface area (Å²) in [7, 11) is -1.92. The number of aromatic amines is 1. The number of fused-ring (bicyclic) bond motifs is 2. The normalized spacial score (nSPS) is 12.9. The lowest BCUT2D eigenvalue weighted by Gasteiger charge is -2.18. The van der Waals surface area contributed by atoms with Gasteiger partial charge in [-0.3, -0.25) is 18.7 Å². The van der Waals surface area contributed by atoms with Gasteiger partial charge >= 0.3 is 0 Å². The molecule has 1 aliphatic rings. The highest BCUT2D eigenvalue weighted by Crippen LogP contribution is 2.37. The van der Waals surface area contributed by atoms with E-state index in [-0.39, 0.29) is 69.4 Å². The predicted octanol–water partition coefficient (Wildman–Crippen LogP) is 5.14. The van der Waals surface area contributed by atoms with E-state index in [2.05, 4.69) is 36.0 Å². The van der Waals surface area contributed by atoms with Gasteiger partial charge in [0.15, 0.2) is 38.5 Å². The molecule has 0 unspecified atom stereocenters. The molecule has 8 rings (SSSR count). The van der Waals surface area contributed by atoms with E-state index in [1.54, 1.807) is 7.05 Å². The number of hydrogen-bond acceptors (Lipinski definition) is 9. The second-order valence-electron chi connectivity index (χ2n) is 12.4. The molecule has 5 heterocycles. The number of nitrogens with zero attached hydrogens (tertiary/aromatic N) is 6. The third kappa shape index (κ3) is 5.83. The number of nitrogens with one attached hydrogen (secondary N) is 4. The lowest BCUT2D eigenvalue weighted by Crippen LogP contribution is -2.35. The molecule has 0 bridgehead atoms. The Balaban J connectivity index is 1.18. The summed E-state index contributed by atoms with van der Waals surface area (Å²) in [5.74, 6) is -4.95. The molecule has 4 aromatic heterocycles. The molecule has 0 spiro atoms. The highest BCUT2D eigenvalue weighted by Gasteiger charge is 2.31. The Labute approximate surface area is 302 Å². The molecule has 1 amide bonds. The van der Waals surface area contributed by atoms with Gasteiger partial charge in [-0.25, -0.2) is 35.9 Å². The first-order chi connectivity index (χ1) is 25.8. The SMILES string of the molecule is Cn1cc(Nc2nc(-c3c(F)cccc3F)n3c2C(=O)NCC3)c(-c2cc(F)c(-c3nc(Nc4ccc(S(C)(=O)=O)cc4)c4c(=O)[nH]ccn34)c(F)c2)n1. The van der Waals surface area contributed by atoms with E-state index >= 15 is 8.78 Å². The van der Waals surface area contributed by atoms with Crippen molar-refractivity contribution in [2.75, 3.05) is 23.4 Å². The van der Waals surface area contributed by atoms with Crippen molar-refractivity contribution in [2.45, 2.75) is 11.4 Å². The molecule has 19 heteroatoms. The summed E-state index contributed by atoms with van der Waals surface area (Å²) < 4.78 is 89.8. The van der Waals surface area contributed by atoms with Crippen LogP contribution < -0.4 is 21.5 Å². The Kier molecular flexibility index (Phi) is 8.09. The average Bonchev–Trinajstić information content (AvgIpc) is 3.78. The Bertz CT molecular complexity index is 2800. The molecule has 0 saturated carbocycles. The first-order valence-electron chi connectivity index (χ1n) is 16.1. The van der Waals surface area contributed by atoms with Crippen LogP contribution in [0.4, 0.5) is 40.6 Å². The largest absolute Gasteiger partial charge is 0.349 e. The zero-order chi connectivity index (χ0) is 38.1. The Morgan fingerprint density at radius 2 is 1.52 bits per heavy atom. The van der Waals surface area contributed by atoms with Crippen LogP contribution in [0.25, 0.3) is 39.5 Å². The maximum Gasteiger partial charge on any atom is 0.276 e. The number of amides is 1. The minimum atomic E-state index is -3.48. The second kappa shape index (κ2) is 12.7. The number of carbonyl (C=O) groups excluding carboxylic acids is 1. The third-order valence-corrected chi connectivity index (χ3v) is 9.85. The molecule has 7 aromatic rings. The first-order valence-corrected chi connectivity index (χ1v) is 18.0. The van der Waals surface area contributed by atoms with Gasteiger partial charge in [-0.05, 0) is 48.5 Å². The summed E-state index contributed by atoms with van der Waals surface area (Å²) >= 11 is 0. The van der Waals surface area contributed by atoms with Gasteiger partial charge in [0.1, 0.15) is 34.8 Å². The predicted molar refractivity (Wildman–Crippen MR) is 189 cm³/mol. The maximum absolute atomic E-state index is 16.2. The molecule has 274 valence electrons. The van der Waals surface area contributed by atoms with Crippen LogP contribution in [-0.2, 0) is 23.4 Å². The first kappa shape index (κ1) is 34.3. The highest BCUT2D eigenvalue weighted by molar-refractivity contribution is 7.90. The van der Waals surface area contributed by atoms with Gasteiger partial charge in [0, 0.05) is 56.2 Å². The monoisotopic (exact) mass is 758 g/mol. The Morgan fingerprint density at radius 3 is 2.20 bits per heavy atom. The molecule has 0 radical (unpaired) electrons. The van der Waals surface area contributed by atoms with Crippen molar-refractivity contribution < 1.29 is 30.8 Å². The van der Waals surface area contributed by atoms with E-state index in [1.165, 1.54) is 62.6 Å². The van der Waals surface area contributed by atoms with Crippen molar-refractivity contribution in [1.82, 2.24) is 39.0 Å².